The van der Waals surface area contributed by atoms with Crippen molar-refractivity contribution in [2.75, 3.05) is 0 Å². The Balaban J connectivity index is 2.30. The highest BCUT2D eigenvalue weighted by Gasteiger charge is 2.11. The molecule has 1 heterocycles. The molecule has 0 unspecified atom stereocenters. The van der Waals surface area contributed by atoms with Gasteiger partial charge in [0.05, 0.1) is 15.5 Å². The van der Waals surface area contributed by atoms with Crippen LogP contribution in [0.25, 0.3) is 16.7 Å². The lowest BCUT2D eigenvalue weighted by Crippen LogP contribution is -1.96. The van der Waals surface area contributed by atoms with Crippen LogP contribution in [0.15, 0.2) is 40.9 Å². The van der Waals surface area contributed by atoms with Crippen LogP contribution in [-0.2, 0) is 0 Å². The molecule has 0 radical (unpaired) electrons. The molecule has 0 saturated carbocycles. The minimum atomic E-state index is -0.304. The maximum atomic E-state index is 13.7. The minimum Gasteiger partial charge on any atom is -0.330 e. The summed E-state index contributed by atoms with van der Waals surface area (Å²) in [5, 5.41) is 0. The summed E-state index contributed by atoms with van der Waals surface area (Å²) in [6, 6.07) is 11.4. The first-order valence-electron chi connectivity index (χ1n) is 6.67. The van der Waals surface area contributed by atoms with E-state index in [4.69, 9.17) is 12.2 Å². The lowest BCUT2D eigenvalue weighted by atomic mass is 10.0. The zero-order chi connectivity index (χ0) is 15.1. The van der Waals surface area contributed by atoms with Crippen LogP contribution in [-0.4, -0.2) is 9.55 Å². The molecule has 21 heavy (non-hydrogen) atoms. The second kappa shape index (κ2) is 5.39. The number of benzene rings is 2. The van der Waals surface area contributed by atoms with E-state index >= 15 is 0 Å². The predicted molar refractivity (Wildman–Crippen MR) is 90.2 cm³/mol. The Morgan fingerprint density at radius 2 is 2.00 bits per heavy atom. The van der Waals surface area contributed by atoms with Gasteiger partial charge in [0.25, 0.3) is 0 Å². The van der Waals surface area contributed by atoms with Gasteiger partial charge in [-0.3, -0.25) is 4.57 Å². The quantitative estimate of drug-likeness (QED) is 0.577. The minimum absolute atomic E-state index is 0.304. The summed E-state index contributed by atoms with van der Waals surface area (Å²) in [6.07, 6.45) is 0. The summed E-state index contributed by atoms with van der Waals surface area (Å²) in [5.41, 5.74) is 3.77. The van der Waals surface area contributed by atoms with Crippen molar-refractivity contribution in [1.82, 2.24) is 9.55 Å². The molecule has 0 spiro atoms. The summed E-state index contributed by atoms with van der Waals surface area (Å²) in [4.78, 5) is 3.06. The van der Waals surface area contributed by atoms with E-state index in [-0.39, 0.29) is 5.82 Å². The summed E-state index contributed by atoms with van der Waals surface area (Å²) in [5.74, 6) is 0.135. The van der Waals surface area contributed by atoms with Gasteiger partial charge in [0.15, 0.2) is 4.77 Å². The SMILES string of the molecule is CC(C)c1cccc(-n2c(=S)[nH]c3cc(F)c(Br)cc32)c1. The van der Waals surface area contributed by atoms with Crippen molar-refractivity contribution >= 4 is 39.2 Å². The fraction of sp³-hybridized carbons (Fsp3) is 0.188. The van der Waals surface area contributed by atoms with Crippen molar-refractivity contribution < 1.29 is 4.39 Å². The summed E-state index contributed by atoms with van der Waals surface area (Å²) in [6.45, 7) is 4.30. The molecule has 0 aliphatic carbocycles. The molecular weight excluding hydrogens is 351 g/mol. The molecule has 3 aromatic rings. The van der Waals surface area contributed by atoms with Crippen LogP contribution in [0.5, 0.6) is 0 Å². The zero-order valence-corrected chi connectivity index (χ0v) is 14.1. The van der Waals surface area contributed by atoms with Gasteiger partial charge in [-0.2, -0.15) is 0 Å². The van der Waals surface area contributed by atoms with Gasteiger partial charge in [0.1, 0.15) is 5.82 Å². The first-order valence-corrected chi connectivity index (χ1v) is 7.87. The molecule has 0 aliphatic heterocycles. The zero-order valence-electron chi connectivity index (χ0n) is 11.7. The van der Waals surface area contributed by atoms with Crippen molar-refractivity contribution in [3.8, 4) is 5.69 Å². The Kier molecular flexibility index (Phi) is 3.71. The predicted octanol–water partition coefficient (Wildman–Crippen LogP) is 5.71. The molecule has 3 rings (SSSR count). The molecule has 1 aromatic heterocycles. The van der Waals surface area contributed by atoms with Gasteiger partial charge in [0.2, 0.25) is 0 Å². The topological polar surface area (TPSA) is 20.7 Å². The van der Waals surface area contributed by atoms with E-state index in [0.29, 0.717) is 20.7 Å². The van der Waals surface area contributed by atoms with Gasteiger partial charge in [-0.05, 0) is 57.8 Å². The molecule has 2 aromatic carbocycles. The standard InChI is InChI=1S/C16H14BrFN2S/c1-9(2)10-4-3-5-11(6-10)20-15-7-12(17)13(18)8-14(15)19-16(20)21/h3-9H,1-2H3,(H,19,21). The monoisotopic (exact) mass is 364 g/mol. The van der Waals surface area contributed by atoms with Crippen LogP contribution < -0.4 is 0 Å². The molecule has 0 aliphatic rings. The second-order valence-electron chi connectivity index (χ2n) is 5.30. The number of nitrogens with zero attached hydrogens (tertiary/aromatic N) is 1. The molecule has 108 valence electrons. The average molecular weight is 365 g/mol. The summed E-state index contributed by atoms with van der Waals surface area (Å²) >= 11 is 8.63. The maximum Gasteiger partial charge on any atom is 0.182 e. The van der Waals surface area contributed by atoms with E-state index in [1.54, 1.807) is 6.07 Å². The fourth-order valence-corrected chi connectivity index (χ4v) is 3.03. The van der Waals surface area contributed by atoms with Gasteiger partial charge in [0, 0.05) is 11.8 Å². The van der Waals surface area contributed by atoms with E-state index in [1.807, 2.05) is 16.7 Å². The number of fused-ring (bicyclic) bond motifs is 1. The Bertz CT molecular complexity index is 880. The number of imidazole rings is 1. The Hall–Kier alpha value is -1.46. The molecule has 5 heteroatoms. The summed E-state index contributed by atoms with van der Waals surface area (Å²) in [7, 11) is 0. The van der Waals surface area contributed by atoms with Crippen molar-refractivity contribution in [2.45, 2.75) is 19.8 Å². The van der Waals surface area contributed by atoms with E-state index in [9.17, 15) is 4.39 Å². The van der Waals surface area contributed by atoms with Crippen LogP contribution >= 0.6 is 28.1 Å². The van der Waals surface area contributed by atoms with E-state index in [1.165, 1.54) is 11.6 Å². The van der Waals surface area contributed by atoms with Gasteiger partial charge in [-0.25, -0.2) is 4.39 Å². The number of hydrogen-bond acceptors (Lipinski definition) is 1. The number of nitrogens with one attached hydrogen (secondary N) is 1. The number of H-pyrrole nitrogens is 1. The van der Waals surface area contributed by atoms with Gasteiger partial charge in [-0.15, -0.1) is 0 Å². The molecule has 2 nitrogen and oxygen atoms in total. The smallest absolute Gasteiger partial charge is 0.182 e. The van der Waals surface area contributed by atoms with Crippen molar-refractivity contribution in [2.24, 2.45) is 0 Å². The van der Waals surface area contributed by atoms with Crippen LogP contribution in [0.4, 0.5) is 4.39 Å². The van der Waals surface area contributed by atoms with Crippen LogP contribution in [0.3, 0.4) is 0 Å². The van der Waals surface area contributed by atoms with Gasteiger partial charge >= 0.3 is 0 Å². The van der Waals surface area contributed by atoms with E-state index < -0.39 is 0 Å². The van der Waals surface area contributed by atoms with Crippen molar-refractivity contribution in [3.05, 3.63) is 57.0 Å². The first kappa shape index (κ1) is 14.5. The Morgan fingerprint density at radius 1 is 1.24 bits per heavy atom. The first-order chi connectivity index (χ1) is 9.97. The lowest BCUT2D eigenvalue weighted by molar-refractivity contribution is 0.623. The third-order valence-corrected chi connectivity index (χ3v) is 4.41. The molecule has 0 saturated heterocycles. The number of hydrogen-bond donors (Lipinski definition) is 1. The number of aromatic amines is 1. The molecule has 1 N–H and O–H groups in total. The van der Waals surface area contributed by atoms with Crippen LogP contribution in [0.1, 0.15) is 25.3 Å². The van der Waals surface area contributed by atoms with Crippen molar-refractivity contribution in [1.29, 1.82) is 0 Å². The summed E-state index contributed by atoms with van der Waals surface area (Å²) < 4.78 is 16.6. The highest BCUT2D eigenvalue weighted by molar-refractivity contribution is 9.10. The van der Waals surface area contributed by atoms with Crippen LogP contribution in [0, 0.1) is 10.6 Å². The third-order valence-electron chi connectivity index (χ3n) is 3.52. The third kappa shape index (κ3) is 2.56. The highest BCUT2D eigenvalue weighted by Crippen LogP contribution is 2.27. The largest absolute Gasteiger partial charge is 0.330 e. The van der Waals surface area contributed by atoms with E-state index in [0.717, 1.165) is 11.2 Å². The van der Waals surface area contributed by atoms with Gasteiger partial charge < -0.3 is 4.98 Å². The van der Waals surface area contributed by atoms with Gasteiger partial charge in [-0.1, -0.05) is 26.0 Å². The Morgan fingerprint density at radius 3 is 2.71 bits per heavy atom. The molecule has 0 amide bonds. The molecular formula is C16H14BrFN2S. The Labute approximate surface area is 135 Å². The van der Waals surface area contributed by atoms with Crippen molar-refractivity contribution in [3.63, 3.8) is 0 Å². The van der Waals surface area contributed by atoms with E-state index in [2.05, 4.69) is 46.9 Å². The maximum absolute atomic E-state index is 13.7. The average Bonchev–Trinajstić information content (AvgIpc) is 2.74. The lowest BCUT2D eigenvalue weighted by Gasteiger charge is -2.10. The molecule has 0 bridgehead atoms. The highest BCUT2D eigenvalue weighted by atomic mass is 79.9. The fourth-order valence-electron chi connectivity index (χ4n) is 2.38. The van der Waals surface area contributed by atoms with Crippen LogP contribution in [0.2, 0.25) is 0 Å². The number of aromatic nitrogens is 2. The number of rotatable bonds is 2. The number of halogens is 2. The molecule has 0 fully saturated rings. The molecule has 0 atom stereocenters. The normalized spacial score (nSPS) is 11.5. The second-order valence-corrected chi connectivity index (χ2v) is 6.54.